The highest BCUT2D eigenvalue weighted by Gasteiger charge is 2.35. The topological polar surface area (TPSA) is 67.4 Å². The number of rotatable bonds is 9. The zero-order valence-corrected chi connectivity index (χ0v) is 21.6. The first-order chi connectivity index (χ1) is 17.4. The molecule has 0 amide bonds. The molecule has 0 aliphatic rings. The highest BCUT2D eigenvalue weighted by atomic mass is 35.5. The number of benzene rings is 3. The highest BCUT2D eigenvalue weighted by Crippen LogP contribution is 2.36. The molecule has 3 aromatic carbocycles. The van der Waals surface area contributed by atoms with Crippen LogP contribution in [0.5, 0.6) is 0 Å². The van der Waals surface area contributed by atoms with Gasteiger partial charge in [0.15, 0.2) is 5.78 Å². The largest absolute Gasteiger partial charge is 0.468 e. The first kappa shape index (κ1) is 28.2. The molecule has 0 spiro atoms. The maximum atomic E-state index is 13.9. The number of ether oxygens (including phenoxy) is 1. The quantitative estimate of drug-likeness (QED) is 0.233. The molecule has 0 aliphatic heterocycles. The molecule has 3 aromatic rings. The van der Waals surface area contributed by atoms with Crippen LogP contribution in [0.2, 0.25) is 5.02 Å². The predicted octanol–water partition coefficient (Wildman–Crippen LogP) is 6.84. The lowest BCUT2D eigenvalue weighted by molar-refractivity contribution is -0.142. The van der Waals surface area contributed by atoms with Crippen LogP contribution in [0.15, 0.2) is 60.7 Å². The van der Waals surface area contributed by atoms with E-state index in [9.17, 15) is 22.8 Å². The lowest BCUT2D eigenvalue weighted by atomic mass is 9.96. The van der Waals surface area contributed by atoms with Crippen molar-refractivity contribution in [2.75, 3.05) is 19.0 Å². The van der Waals surface area contributed by atoms with E-state index in [0.29, 0.717) is 16.1 Å². The predicted molar refractivity (Wildman–Crippen MR) is 139 cm³/mol. The summed E-state index contributed by atoms with van der Waals surface area (Å²) in [5.41, 5.74) is 2.07. The van der Waals surface area contributed by atoms with E-state index in [2.05, 4.69) is 15.4 Å². The SMILES string of the molecule is COC(=O)[C@H](C)NCC(=O)c1ccc(-c2cccc(NC(C)c3ccc(Cl)c(C)c3)c2)cc1C(F)(F)F. The molecular formula is C28H28ClF3N2O3. The van der Waals surface area contributed by atoms with Gasteiger partial charge in [-0.1, -0.05) is 48.0 Å². The van der Waals surface area contributed by atoms with Gasteiger partial charge in [-0.2, -0.15) is 13.2 Å². The zero-order chi connectivity index (χ0) is 27.3. The number of alkyl halides is 3. The highest BCUT2D eigenvalue weighted by molar-refractivity contribution is 6.31. The molecule has 0 saturated carbocycles. The van der Waals surface area contributed by atoms with E-state index in [1.165, 1.54) is 26.2 Å². The smallest absolute Gasteiger partial charge is 0.417 e. The fourth-order valence-corrected chi connectivity index (χ4v) is 3.98. The van der Waals surface area contributed by atoms with Gasteiger partial charge in [-0.3, -0.25) is 14.9 Å². The normalized spacial score (nSPS) is 13.1. The molecular weight excluding hydrogens is 505 g/mol. The summed E-state index contributed by atoms with van der Waals surface area (Å²) in [5.74, 6) is -1.40. The lowest BCUT2D eigenvalue weighted by Gasteiger charge is -2.18. The molecule has 0 aliphatic carbocycles. The van der Waals surface area contributed by atoms with Crippen LogP contribution in [-0.4, -0.2) is 31.4 Å². The van der Waals surface area contributed by atoms with Crippen LogP contribution in [0.4, 0.5) is 18.9 Å². The van der Waals surface area contributed by atoms with Crippen molar-refractivity contribution in [3.63, 3.8) is 0 Å². The number of anilines is 1. The molecule has 2 atom stereocenters. The van der Waals surface area contributed by atoms with Crippen LogP contribution in [0.3, 0.4) is 0 Å². The van der Waals surface area contributed by atoms with Crippen LogP contribution >= 0.6 is 11.6 Å². The summed E-state index contributed by atoms with van der Waals surface area (Å²) in [4.78, 5) is 24.1. The summed E-state index contributed by atoms with van der Waals surface area (Å²) in [6.07, 6.45) is -4.74. The van der Waals surface area contributed by atoms with Crippen molar-refractivity contribution >= 4 is 29.0 Å². The van der Waals surface area contributed by atoms with Gasteiger partial charge < -0.3 is 10.1 Å². The molecule has 196 valence electrons. The average molecular weight is 533 g/mol. The Morgan fingerprint density at radius 2 is 1.70 bits per heavy atom. The van der Waals surface area contributed by atoms with Crippen LogP contribution in [0.25, 0.3) is 11.1 Å². The van der Waals surface area contributed by atoms with Gasteiger partial charge in [-0.25, -0.2) is 0 Å². The van der Waals surface area contributed by atoms with Crippen molar-refractivity contribution in [1.82, 2.24) is 5.32 Å². The number of carbonyl (C=O) groups excluding carboxylic acids is 2. The third-order valence-electron chi connectivity index (χ3n) is 6.01. The lowest BCUT2D eigenvalue weighted by Crippen LogP contribution is -2.38. The Morgan fingerprint density at radius 1 is 1.00 bits per heavy atom. The van der Waals surface area contributed by atoms with E-state index in [4.69, 9.17) is 11.6 Å². The second-order valence-electron chi connectivity index (χ2n) is 8.76. The number of hydrogen-bond donors (Lipinski definition) is 2. The van der Waals surface area contributed by atoms with E-state index in [0.717, 1.165) is 22.9 Å². The minimum Gasteiger partial charge on any atom is -0.468 e. The standard InChI is InChI=1S/C28H28ClF3N2O3/c1-16-12-19(9-11-25(16)29)17(2)34-22-7-5-6-20(13-22)21-8-10-23(24(14-21)28(30,31)32)26(35)15-33-18(3)27(36)37-4/h5-14,17-18,33-34H,15H2,1-4H3/t17?,18-/m0/s1. The maximum absolute atomic E-state index is 13.9. The molecule has 0 bridgehead atoms. The molecule has 9 heteroatoms. The summed E-state index contributed by atoms with van der Waals surface area (Å²) in [6.45, 7) is 4.91. The van der Waals surface area contributed by atoms with Crippen molar-refractivity contribution in [3.8, 4) is 11.1 Å². The van der Waals surface area contributed by atoms with Crippen molar-refractivity contribution in [2.45, 2.75) is 39.0 Å². The van der Waals surface area contributed by atoms with E-state index >= 15 is 0 Å². The van der Waals surface area contributed by atoms with Crippen LogP contribution < -0.4 is 10.6 Å². The van der Waals surface area contributed by atoms with E-state index in [1.807, 2.05) is 38.1 Å². The first-order valence-electron chi connectivity index (χ1n) is 11.6. The summed E-state index contributed by atoms with van der Waals surface area (Å²) in [7, 11) is 1.19. The zero-order valence-electron chi connectivity index (χ0n) is 20.9. The first-order valence-corrected chi connectivity index (χ1v) is 12.0. The van der Waals surface area contributed by atoms with Gasteiger partial charge in [0.25, 0.3) is 0 Å². The van der Waals surface area contributed by atoms with Crippen LogP contribution in [0.1, 0.15) is 46.9 Å². The van der Waals surface area contributed by atoms with Crippen molar-refractivity contribution in [1.29, 1.82) is 0 Å². The number of nitrogens with one attached hydrogen (secondary N) is 2. The summed E-state index contributed by atoms with van der Waals surface area (Å²) >= 11 is 6.12. The molecule has 5 nitrogen and oxygen atoms in total. The molecule has 0 aromatic heterocycles. The number of aryl methyl sites for hydroxylation is 1. The molecule has 37 heavy (non-hydrogen) atoms. The summed E-state index contributed by atoms with van der Waals surface area (Å²) < 4.78 is 46.3. The maximum Gasteiger partial charge on any atom is 0.417 e. The minimum atomic E-state index is -4.74. The number of hydrogen-bond acceptors (Lipinski definition) is 5. The Kier molecular flexibility index (Phi) is 8.99. The van der Waals surface area contributed by atoms with Crippen molar-refractivity contribution in [3.05, 3.63) is 87.9 Å². The molecule has 3 rings (SSSR count). The Balaban J connectivity index is 1.85. The number of halogens is 4. The number of esters is 1. The van der Waals surface area contributed by atoms with Gasteiger partial charge in [0.05, 0.1) is 19.2 Å². The average Bonchev–Trinajstić information content (AvgIpc) is 2.87. The monoisotopic (exact) mass is 532 g/mol. The summed E-state index contributed by atoms with van der Waals surface area (Å²) in [5, 5.41) is 6.64. The van der Waals surface area contributed by atoms with Gasteiger partial charge in [-0.15, -0.1) is 0 Å². The third kappa shape index (κ3) is 7.11. The second kappa shape index (κ2) is 11.8. The van der Waals surface area contributed by atoms with Gasteiger partial charge in [-0.05, 0) is 67.3 Å². The number of ketones is 1. The van der Waals surface area contributed by atoms with Crippen LogP contribution in [-0.2, 0) is 15.7 Å². The molecule has 1 unspecified atom stereocenters. The number of methoxy groups -OCH3 is 1. The molecule has 0 heterocycles. The fraction of sp³-hybridized carbons (Fsp3) is 0.286. The Bertz CT molecular complexity index is 1290. The Hall–Kier alpha value is -3.36. The van der Waals surface area contributed by atoms with Crippen molar-refractivity contribution in [2.24, 2.45) is 0 Å². The Morgan fingerprint density at radius 3 is 2.35 bits per heavy atom. The molecule has 2 N–H and O–H groups in total. The third-order valence-corrected chi connectivity index (χ3v) is 6.43. The van der Waals surface area contributed by atoms with E-state index in [1.54, 1.807) is 18.2 Å². The molecule has 0 radical (unpaired) electrons. The number of Topliss-reactive ketones (excluding diaryl/α,β-unsaturated/α-hetero) is 1. The van der Waals surface area contributed by atoms with Gasteiger partial charge in [0.1, 0.15) is 6.04 Å². The fourth-order valence-electron chi connectivity index (χ4n) is 3.86. The van der Waals surface area contributed by atoms with E-state index in [-0.39, 0.29) is 6.04 Å². The van der Waals surface area contributed by atoms with Crippen LogP contribution in [0, 0.1) is 6.92 Å². The van der Waals surface area contributed by atoms with Gasteiger partial charge in [0.2, 0.25) is 0 Å². The molecule has 0 saturated heterocycles. The Labute approximate surface area is 219 Å². The number of carbonyl (C=O) groups is 2. The molecule has 0 fully saturated rings. The van der Waals surface area contributed by atoms with Gasteiger partial charge in [0, 0.05) is 22.3 Å². The van der Waals surface area contributed by atoms with E-state index < -0.39 is 41.6 Å². The second-order valence-corrected chi connectivity index (χ2v) is 9.17. The van der Waals surface area contributed by atoms with Gasteiger partial charge >= 0.3 is 12.1 Å². The minimum absolute atomic E-state index is 0.0724. The van der Waals surface area contributed by atoms with Crippen molar-refractivity contribution < 1.29 is 27.5 Å². The summed E-state index contributed by atoms with van der Waals surface area (Å²) in [6, 6.07) is 15.5.